The fourth-order valence-electron chi connectivity index (χ4n) is 1.37. The first-order valence-corrected chi connectivity index (χ1v) is 6.03. The van der Waals surface area contributed by atoms with Gasteiger partial charge in [-0.1, -0.05) is 6.07 Å². The van der Waals surface area contributed by atoms with Crippen LogP contribution in [0.25, 0.3) is 0 Å². The van der Waals surface area contributed by atoms with E-state index in [1.54, 1.807) is 18.3 Å². The van der Waals surface area contributed by atoms with Crippen LogP contribution in [0.2, 0.25) is 0 Å². The highest BCUT2D eigenvalue weighted by molar-refractivity contribution is 5.84. The Hall–Kier alpha value is -1.91. The maximum absolute atomic E-state index is 11.5. The van der Waals surface area contributed by atoms with Crippen LogP contribution >= 0.6 is 0 Å². The first kappa shape index (κ1) is 17.1. The molecular formula is C12H17N3O6. The zero-order chi connectivity index (χ0) is 15.8. The summed E-state index contributed by atoms with van der Waals surface area (Å²) in [6, 6.07) is 3.34. The van der Waals surface area contributed by atoms with Gasteiger partial charge in [-0.15, -0.1) is 0 Å². The fourth-order valence-corrected chi connectivity index (χ4v) is 1.37. The molecule has 0 aliphatic rings. The maximum Gasteiger partial charge on any atom is 0.271 e. The normalized spacial score (nSPS) is 17.2. The standard InChI is InChI=1S/C12H17N3O6/c16-6-8(17)9(18)10(19)11(20)12(21)15-14-5-7-2-1-3-13-4-7/h1-5,8-11,16-20H,6H2,(H,15,21)/b14-5+. The molecule has 1 amide bonds. The Morgan fingerprint density at radius 2 is 2.05 bits per heavy atom. The number of carbonyl (C=O) groups excluding carboxylic acids is 1. The monoisotopic (exact) mass is 299 g/mol. The summed E-state index contributed by atoms with van der Waals surface area (Å²) in [4.78, 5) is 15.3. The van der Waals surface area contributed by atoms with Gasteiger partial charge in [0.2, 0.25) is 0 Å². The van der Waals surface area contributed by atoms with Crippen molar-refractivity contribution in [1.82, 2.24) is 10.4 Å². The van der Waals surface area contributed by atoms with E-state index in [1.165, 1.54) is 12.4 Å². The number of carbonyl (C=O) groups is 1. The lowest BCUT2D eigenvalue weighted by molar-refractivity contribution is -0.148. The van der Waals surface area contributed by atoms with E-state index < -0.39 is 36.9 Å². The lowest BCUT2D eigenvalue weighted by Crippen LogP contribution is -2.50. The number of nitrogens with one attached hydrogen (secondary N) is 1. The van der Waals surface area contributed by atoms with E-state index in [-0.39, 0.29) is 0 Å². The van der Waals surface area contributed by atoms with Crippen molar-refractivity contribution in [1.29, 1.82) is 0 Å². The third-order valence-electron chi connectivity index (χ3n) is 2.60. The van der Waals surface area contributed by atoms with Crippen LogP contribution in [0.5, 0.6) is 0 Å². The first-order valence-electron chi connectivity index (χ1n) is 6.03. The van der Waals surface area contributed by atoms with E-state index in [9.17, 15) is 20.1 Å². The highest BCUT2D eigenvalue weighted by atomic mass is 16.4. The highest BCUT2D eigenvalue weighted by Gasteiger charge is 2.34. The van der Waals surface area contributed by atoms with Crippen LogP contribution < -0.4 is 5.43 Å². The number of aromatic nitrogens is 1. The summed E-state index contributed by atoms with van der Waals surface area (Å²) in [5.74, 6) is -1.08. The number of aliphatic hydroxyl groups is 5. The van der Waals surface area contributed by atoms with Gasteiger partial charge in [0.15, 0.2) is 6.10 Å². The molecule has 0 saturated heterocycles. The molecule has 9 heteroatoms. The summed E-state index contributed by atoms with van der Waals surface area (Å²) >= 11 is 0. The number of hydrogen-bond acceptors (Lipinski definition) is 8. The number of pyridine rings is 1. The summed E-state index contributed by atoms with van der Waals surface area (Å²) in [5, 5.41) is 49.6. The Morgan fingerprint density at radius 3 is 2.62 bits per heavy atom. The molecule has 1 rings (SSSR count). The molecule has 1 aromatic heterocycles. The van der Waals surface area contributed by atoms with Gasteiger partial charge < -0.3 is 25.5 Å². The second kappa shape index (κ2) is 8.39. The largest absolute Gasteiger partial charge is 0.394 e. The molecule has 116 valence electrons. The molecule has 4 atom stereocenters. The fraction of sp³-hybridized carbons (Fsp3) is 0.417. The summed E-state index contributed by atoms with van der Waals surface area (Å²) in [5.41, 5.74) is 2.56. The minimum atomic E-state index is -2.02. The van der Waals surface area contributed by atoms with Gasteiger partial charge in [0.1, 0.15) is 18.3 Å². The SMILES string of the molecule is O=C(N/N=C/c1cccnc1)C(O)C(O)C(O)C(O)CO. The van der Waals surface area contributed by atoms with Crippen molar-refractivity contribution in [3.8, 4) is 0 Å². The molecular weight excluding hydrogens is 282 g/mol. The van der Waals surface area contributed by atoms with Crippen molar-refractivity contribution in [2.45, 2.75) is 24.4 Å². The number of rotatable bonds is 7. The van der Waals surface area contributed by atoms with Crippen molar-refractivity contribution in [2.24, 2.45) is 5.10 Å². The van der Waals surface area contributed by atoms with Crippen molar-refractivity contribution in [3.05, 3.63) is 30.1 Å². The minimum absolute atomic E-state index is 0.601. The molecule has 9 nitrogen and oxygen atoms in total. The molecule has 0 aromatic carbocycles. The molecule has 1 heterocycles. The number of hydrogen-bond donors (Lipinski definition) is 6. The molecule has 1 aromatic rings. The molecule has 0 aliphatic heterocycles. The zero-order valence-corrected chi connectivity index (χ0v) is 10.9. The van der Waals surface area contributed by atoms with Gasteiger partial charge in [-0.2, -0.15) is 5.10 Å². The van der Waals surface area contributed by atoms with Gasteiger partial charge in [-0.25, -0.2) is 5.43 Å². The quantitative estimate of drug-likeness (QED) is 0.231. The van der Waals surface area contributed by atoms with Crippen molar-refractivity contribution in [3.63, 3.8) is 0 Å². The van der Waals surface area contributed by atoms with E-state index in [0.717, 1.165) is 0 Å². The Balaban J connectivity index is 2.53. The van der Waals surface area contributed by atoms with Crippen LogP contribution in [-0.4, -0.2) is 73.7 Å². The zero-order valence-electron chi connectivity index (χ0n) is 10.9. The Morgan fingerprint density at radius 1 is 1.33 bits per heavy atom. The van der Waals surface area contributed by atoms with Crippen molar-refractivity contribution in [2.75, 3.05) is 6.61 Å². The van der Waals surface area contributed by atoms with E-state index in [1.807, 2.05) is 5.43 Å². The maximum atomic E-state index is 11.5. The summed E-state index contributed by atoms with van der Waals surface area (Å²) in [7, 11) is 0. The van der Waals surface area contributed by atoms with Crippen LogP contribution in [0.1, 0.15) is 5.56 Å². The van der Waals surface area contributed by atoms with Gasteiger partial charge in [0, 0.05) is 18.0 Å². The lowest BCUT2D eigenvalue weighted by atomic mass is 10.0. The lowest BCUT2D eigenvalue weighted by Gasteiger charge is -2.24. The van der Waals surface area contributed by atoms with E-state index in [4.69, 9.17) is 10.2 Å². The summed E-state index contributed by atoms with van der Waals surface area (Å²) < 4.78 is 0. The summed E-state index contributed by atoms with van der Waals surface area (Å²) in [6.45, 7) is -0.828. The molecule has 6 N–H and O–H groups in total. The third kappa shape index (κ3) is 5.17. The number of aliphatic hydroxyl groups excluding tert-OH is 5. The van der Waals surface area contributed by atoms with Gasteiger partial charge >= 0.3 is 0 Å². The summed E-state index contributed by atoms with van der Waals surface area (Å²) in [6.07, 6.45) is -3.23. The van der Waals surface area contributed by atoms with Crippen molar-refractivity contribution >= 4 is 12.1 Å². The smallest absolute Gasteiger partial charge is 0.271 e. The third-order valence-corrected chi connectivity index (χ3v) is 2.60. The molecule has 0 spiro atoms. The number of hydrazone groups is 1. The topological polar surface area (TPSA) is 156 Å². The molecule has 21 heavy (non-hydrogen) atoms. The minimum Gasteiger partial charge on any atom is -0.394 e. The van der Waals surface area contributed by atoms with Gasteiger partial charge in [-0.05, 0) is 6.07 Å². The number of amides is 1. The Kier molecular flexibility index (Phi) is 6.85. The average Bonchev–Trinajstić information content (AvgIpc) is 2.52. The Labute approximate surface area is 120 Å². The van der Waals surface area contributed by atoms with Crippen LogP contribution in [0, 0.1) is 0 Å². The predicted octanol–water partition coefficient (Wildman–Crippen LogP) is -3.03. The van der Waals surface area contributed by atoms with Crippen LogP contribution in [0.3, 0.4) is 0 Å². The van der Waals surface area contributed by atoms with E-state index in [0.29, 0.717) is 5.56 Å². The first-order chi connectivity index (χ1) is 9.97. The Bertz CT molecular complexity index is 469. The average molecular weight is 299 g/mol. The van der Waals surface area contributed by atoms with Crippen LogP contribution in [0.15, 0.2) is 29.6 Å². The number of nitrogens with zero attached hydrogens (tertiary/aromatic N) is 2. The molecule has 0 saturated carbocycles. The van der Waals surface area contributed by atoms with Gasteiger partial charge in [-0.3, -0.25) is 9.78 Å². The molecule has 0 aliphatic carbocycles. The van der Waals surface area contributed by atoms with Crippen LogP contribution in [0.4, 0.5) is 0 Å². The molecule has 0 fully saturated rings. The van der Waals surface area contributed by atoms with Crippen LogP contribution in [-0.2, 0) is 4.79 Å². The van der Waals surface area contributed by atoms with E-state index in [2.05, 4.69) is 10.1 Å². The second-order valence-electron chi connectivity index (χ2n) is 4.20. The van der Waals surface area contributed by atoms with E-state index >= 15 is 0 Å². The predicted molar refractivity (Wildman–Crippen MR) is 71.1 cm³/mol. The second-order valence-corrected chi connectivity index (χ2v) is 4.20. The van der Waals surface area contributed by atoms with Gasteiger partial charge in [0.05, 0.1) is 12.8 Å². The highest BCUT2D eigenvalue weighted by Crippen LogP contribution is 2.05. The van der Waals surface area contributed by atoms with Gasteiger partial charge in [0.25, 0.3) is 5.91 Å². The molecule has 0 radical (unpaired) electrons. The molecule has 0 bridgehead atoms. The molecule has 4 unspecified atom stereocenters. The van der Waals surface area contributed by atoms with Crippen molar-refractivity contribution < 1.29 is 30.3 Å².